The number of ketones is 1. The Morgan fingerprint density at radius 3 is 2.00 bits per heavy atom. The van der Waals surface area contributed by atoms with Crippen molar-refractivity contribution in [3.05, 3.63) is 0 Å². The number of fused-ring (bicyclic) bond motifs is 5. The minimum Gasteiger partial charge on any atom is -0.458 e. The van der Waals surface area contributed by atoms with Crippen LogP contribution in [0.5, 0.6) is 0 Å². The molecule has 10 atom stereocenters. The molecule has 0 aromatic carbocycles. The fourth-order valence-corrected chi connectivity index (χ4v) is 8.56. The number of hydrogen-bond donors (Lipinski definition) is 0. The Balaban J connectivity index is 1.78. The first-order chi connectivity index (χ1) is 15.4. The molecule has 0 aliphatic heterocycles. The fraction of sp³-hybridized carbons (Fsp3) is 0.846. The van der Waals surface area contributed by atoms with E-state index in [-0.39, 0.29) is 23.2 Å². The summed E-state index contributed by atoms with van der Waals surface area (Å²) in [5.74, 6) is 0.0394. The van der Waals surface area contributed by atoms with Gasteiger partial charge in [-0.1, -0.05) is 20.8 Å². The maximum absolute atomic E-state index is 12.8. The summed E-state index contributed by atoms with van der Waals surface area (Å²) >= 11 is 0. The van der Waals surface area contributed by atoms with Gasteiger partial charge in [0.1, 0.15) is 18.0 Å². The van der Waals surface area contributed by atoms with Gasteiger partial charge in [-0.15, -0.1) is 0 Å². The van der Waals surface area contributed by atoms with Crippen molar-refractivity contribution in [2.45, 2.75) is 98.4 Å². The third kappa shape index (κ3) is 3.70. The third-order valence-corrected chi connectivity index (χ3v) is 9.84. The minimum atomic E-state index is -0.858. The van der Waals surface area contributed by atoms with Gasteiger partial charge in [0.15, 0.2) is 6.10 Å². The Kier molecular flexibility index (Phi) is 6.15. The second kappa shape index (κ2) is 8.38. The lowest BCUT2D eigenvalue weighted by atomic mass is 9.42. The number of ether oxygens (including phenoxy) is 3. The molecule has 4 aliphatic rings. The van der Waals surface area contributed by atoms with Gasteiger partial charge in [0, 0.05) is 43.9 Å². The summed E-state index contributed by atoms with van der Waals surface area (Å²) in [7, 11) is 0. The molecule has 4 fully saturated rings. The van der Waals surface area contributed by atoms with Gasteiger partial charge < -0.3 is 14.2 Å². The van der Waals surface area contributed by atoms with E-state index in [2.05, 4.69) is 20.8 Å². The quantitative estimate of drug-likeness (QED) is 0.464. The van der Waals surface area contributed by atoms with Gasteiger partial charge in [-0.2, -0.15) is 0 Å². The van der Waals surface area contributed by atoms with Crippen LogP contribution in [0.25, 0.3) is 0 Å². The first-order valence-electron chi connectivity index (χ1n) is 12.5. The zero-order valence-corrected chi connectivity index (χ0v) is 20.7. The summed E-state index contributed by atoms with van der Waals surface area (Å²) < 4.78 is 17.4. The Morgan fingerprint density at radius 1 is 0.788 bits per heavy atom. The summed E-state index contributed by atoms with van der Waals surface area (Å²) in [6.45, 7) is 10.4. The molecule has 0 heterocycles. The largest absolute Gasteiger partial charge is 0.458 e. The lowest BCUT2D eigenvalue weighted by Crippen LogP contribution is -2.68. The van der Waals surface area contributed by atoms with E-state index in [0.29, 0.717) is 24.0 Å². The molecule has 0 saturated heterocycles. The van der Waals surface area contributed by atoms with Gasteiger partial charge in [0.25, 0.3) is 0 Å². The number of carbonyl (C=O) groups is 4. The lowest BCUT2D eigenvalue weighted by molar-refractivity contribution is -0.258. The highest BCUT2D eigenvalue weighted by Crippen LogP contribution is 2.67. The molecule has 4 aliphatic carbocycles. The Bertz CT molecular complexity index is 852. The van der Waals surface area contributed by atoms with Crippen LogP contribution in [0.4, 0.5) is 0 Å². The van der Waals surface area contributed by atoms with Crippen molar-refractivity contribution >= 4 is 23.7 Å². The van der Waals surface area contributed by atoms with Crippen LogP contribution in [0, 0.1) is 40.4 Å². The van der Waals surface area contributed by atoms with E-state index in [9.17, 15) is 19.2 Å². The molecule has 4 saturated carbocycles. The SMILES string of the molecule is CC(=O)O[C@@H]1[C@@H](C)[C@@H]2CC[C@@H]3[C@H](CC[C@]4(C)C(=O)CC[C@@H]34)[C@@]2(C)[C@@H](OC(C)=O)[C@@H]1OC(C)=O. The molecule has 0 unspecified atom stereocenters. The van der Waals surface area contributed by atoms with Gasteiger partial charge in [-0.25, -0.2) is 0 Å². The highest BCUT2D eigenvalue weighted by Gasteiger charge is 2.68. The van der Waals surface area contributed by atoms with Crippen molar-refractivity contribution in [3.63, 3.8) is 0 Å². The standard InChI is InChI=1S/C26H38O7/c1-13-18-8-7-17-19-9-10-21(30)25(19,5)12-11-20(17)26(18,6)24(33-16(4)29)23(32-15(3)28)22(13)31-14(2)27/h13,17-20,22-24H,7-12H2,1-6H3/t13-,17-,18-,19-,20-,22+,23+,24-,25-,26-/m0/s1. The third-order valence-electron chi connectivity index (χ3n) is 9.84. The molecular formula is C26H38O7. The number of Topliss-reactive ketones (excluding diaryl/α,β-unsaturated/α-hetero) is 1. The fourth-order valence-electron chi connectivity index (χ4n) is 8.56. The molecule has 33 heavy (non-hydrogen) atoms. The summed E-state index contributed by atoms with van der Waals surface area (Å²) in [4.78, 5) is 49.2. The van der Waals surface area contributed by atoms with Crippen LogP contribution < -0.4 is 0 Å². The Labute approximate surface area is 196 Å². The molecule has 184 valence electrons. The number of esters is 3. The van der Waals surface area contributed by atoms with E-state index in [0.717, 1.165) is 32.1 Å². The number of hydrogen-bond acceptors (Lipinski definition) is 7. The van der Waals surface area contributed by atoms with E-state index in [4.69, 9.17) is 14.2 Å². The average Bonchev–Trinajstić information content (AvgIpc) is 3.02. The first-order valence-corrected chi connectivity index (χ1v) is 12.5. The average molecular weight is 463 g/mol. The van der Waals surface area contributed by atoms with Crippen LogP contribution in [0.3, 0.4) is 0 Å². The van der Waals surface area contributed by atoms with Gasteiger partial charge in [0.05, 0.1) is 0 Å². The number of rotatable bonds is 3. The van der Waals surface area contributed by atoms with E-state index in [1.807, 2.05) is 0 Å². The monoisotopic (exact) mass is 462 g/mol. The molecule has 0 aromatic rings. The van der Waals surface area contributed by atoms with Crippen molar-refractivity contribution in [1.29, 1.82) is 0 Å². The van der Waals surface area contributed by atoms with Crippen LogP contribution in [-0.2, 0) is 33.4 Å². The molecule has 0 radical (unpaired) electrons. The zero-order valence-electron chi connectivity index (χ0n) is 20.7. The van der Waals surface area contributed by atoms with Crippen LogP contribution in [0.1, 0.15) is 80.1 Å². The van der Waals surface area contributed by atoms with Crippen molar-refractivity contribution in [2.24, 2.45) is 40.4 Å². The van der Waals surface area contributed by atoms with Gasteiger partial charge in [0.2, 0.25) is 0 Å². The zero-order chi connectivity index (χ0) is 24.3. The van der Waals surface area contributed by atoms with Gasteiger partial charge in [-0.05, 0) is 55.8 Å². The smallest absolute Gasteiger partial charge is 0.303 e. The van der Waals surface area contributed by atoms with Gasteiger partial charge in [-0.3, -0.25) is 19.2 Å². The second-order valence-corrected chi connectivity index (χ2v) is 11.4. The van der Waals surface area contributed by atoms with Crippen molar-refractivity contribution in [3.8, 4) is 0 Å². The normalized spacial score (nSPS) is 46.4. The topological polar surface area (TPSA) is 96.0 Å². The van der Waals surface area contributed by atoms with E-state index >= 15 is 0 Å². The van der Waals surface area contributed by atoms with Crippen LogP contribution >= 0.6 is 0 Å². The Morgan fingerprint density at radius 2 is 1.39 bits per heavy atom. The molecule has 7 nitrogen and oxygen atoms in total. The maximum atomic E-state index is 12.8. The highest BCUT2D eigenvalue weighted by molar-refractivity contribution is 5.87. The molecule has 0 bridgehead atoms. The van der Waals surface area contributed by atoms with Crippen molar-refractivity contribution in [2.75, 3.05) is 0 Å². The molecule has 4 rings (SSSR count). The molecule has 0 N–H and O–H groups in total. The summed E-state index contributed by atoms with van der Waals surface area (Å²) in [5.41, 5.74) is -0.700. The highest BCUT2D eigenvalue weighted by atomic mass is 16.6. The van der Waals surface area contributed by atoms with Crippen LogP contribution in [-0.4, -0.2) is 42.0 Å². The maximum Gasteiger partial charge on any atom is 0.303 e. The minimum absolute atomic E-state index is 0.0606. The molecular weight excluding hydrogens is 424 g/mol. The summed E-state index contributed by atoms with van der Waals surface area (Å²) in [5, 5.41) is 0. The summed E-state index contributed by atoms with van der Waals surface area (Å²) in [6, 6.07) is 0. The van der Waals surface area contributed by atoms with Crippen molar-refractivity contribution < 1.29 is 33.4 Å². The number of carbonyl (C=O) groups excluding carboxylic acids is 4. The predicted molar refractivity (Wildman–Crippen MR) is 119 cm³/mol. The van der Waals surface area contributed by atoms with Crippen LogP contribution in [0.2, 0.25) is 0 Å². The molecule has 0 spiro atoms. The summed E-state index contributed by atoms with van der Waals surface area (Å²) in [6.07, 6.45) is 2.98. The van der Waals surface area contributed by atoms with Crippen LogP contribution in [0.15, 0.2) is 0 Å². The first kappa shape index (κ1) is 24.2. The second-order valence-electron chi connectivity index (χ2n) is 11.4. The lowest BCUT2D eigenvalue weighted by Gasteiger charge is -2.64. The van der Waals surface area contributed by atoms with E-state index in [1.165, 1.54) is 20.8 Å². The predicted octanol–water partition coefficient (Wildman–Crippen LogP) is 3.86. The van der Waals surface area contributed by atoms with E-state index in [1.54, 1.807) is 0 Å². The van der Waals surface area contributed by atoms with Crippen molar-refractivity contribution in [1.82, 2.24) is 0 Å². The van der Waals surface area contributed by atoms with Gasteiger partial charge >= 0.3 is 17.9 Å². The molecule has 7 heteroatoms. The Hall–Kier alpha value is -1.92. The molecule has 0 aromatic heterocycles. The van der Waals surface area contributed by atoms with E-state index < -0.39 is 41.6 Å². The molecule has 0 amide bonds.